The third-order valence-corrected chi connectivity index (χ3v) is 4.43. The molecule has 0 aliphatic rings. The third kappa shape index (κ3) is 2.34. The summed E-state index contributed by atoms with van der Waals surface area (Å²) in [4.78, 5) is 6.71. The molecular weight excluding hydrogens is 306 g/mol. The summed E-state index contributed by atoms with van der Waals surface area (Å²) in [6.45, 7) is 0. The van der Waals surface area contributed by atoms with E-state index in [0.29, 0.717) is 5.82 Å². The quantitative estimate of drug-likeness (QED) is 0.942. The summed E-state index contributed by atoms with van der Waals surface area (Å²) in [6, 6.07) is 6.51. The van der Waals surface area contributed by atoms with Crippen LogP contribution in [0, 0.1) is 0 Å². The molecule has 2 aromatic heterocycles. The number of H-pyrrole nitrogens is 1. The Hall–Kier alpha value is -1.34. The van der Waals surface area contributed by atoms with Crippen molar-refractivity contribution in [2.45, 2.75) is 5.03 Å². The molecule has 0 atom stereocenters. The van der Waals surface area contributed by atoms with Crippen LogP contribution in [-0.4, -0.2) is 25.4 Å². The van der Waals surface area contributed by atoms with Gasteiger partial charge < -0.3 is 4.98 Å². The first-order valence-electron chi connectivity index (χ1n) is 4.76. The molecule has 0 saturated heterocycles. The van der Waals surface area contributed by atoms with E-state index in [4.69, 9.17) is 0 Å². The van der Waals surface area contributed by atoms with Gasteiger partial charge in [-0.3, -0.25) is 4.31 Å². The molecule has 0 bridgehead atoms. The SMILES string of the molecule is CN(c1ccc(Br)cn1)S(=O)(=O)c1ccc[nH]1. The van der Waals surface area contributed by atoms with Crippen LogP contribution in [0.2, 0.25) is 0 Å². The Kier molecular flexibility index (Phi) is 3.21. The van der Waals surface area contributed by atoms with Crippen molar-refractivity contribution < 1.29 is 8.42 Å². The molecule has 7 heteroatoms. The second kappa shape index (κ2) is 4.50. The zero-order valence-electron chi connectivity index (χ0n) is 8.96. The van der Waals surface area contributed by atoms with Crippen LogP contribution in [0.3, 0.4) is 0 Å². The van der Waals surface area contributed by atoms with Gasteiger partial charge in [-0.15, -0.1) is 0 Å². The number of hydrogen-bond donors (Lipinski definition) is 1. The molecule has 0 amide bonds. The molecule has 2 rings (SSSR count). The van der Waals surface area contributed by atoms with Crippen LogP contribution in [0.25, 0.3) is 0 Å². The van der Waals surface area contributed by atoms with Crippen LogP contribution in [0.5, 0.6) is 0 Å². The van der Waals surface area contributed by atoms with E-state index < -0.39 is 10.0 Å². The van der Waals surface area contributed by atoms with E-state index in [1.54, 1.807) is 30.6 Å². The van der Waals surface area contributed by atoms with Crippen LogP contribution < -0.4 is 4.31 Å². The van der Waals surface area contributed by atoms with Crippen LogP contribution in [0.1, 0.15) is 0 Å². The number of rotatable bonds is 3. The van der Waals surface area contributed by atoms with E-state index >= 15 is 0 Å². The molecule has 1 N–H and O–H groups in total. The van der Waals surface area contributed by atoms with E-state index in [-0.39, 0.29) is 5.03 Å². The molecule has 17 heavy (non-hydrogen) atoms. The number of hydrogen-bond acceptors (Lipinski definition) is 3. The van der Waals surface area contributed by atoms with Crippen molar-refractivity contribution in [1.29, 1.82) is 0 Å². The van der Waals surface area contributed by atoms with E-state index in [9.17, 15) is 8.42 Å². The lowest BCUT2D eigenvalue weighted by molar-refractivity contribution is 0.591. The van der Waals surface area contributed by atoms with Crippen LogP contribution >= 0.6 is 15.9 Å². The first-order chi connectivity index (χ1) is 8.01. The molecule has 0 fully saturated rings. The van der Waals surface area contributed by atoms with Gasteiger partial charge in [0.15, 0.2) is 5.03 Å². The highest BCUT2D eigenvalue weighted by molar-refractivity contribution is 9.10. The number of nitrogens with zero attached hydrogens (tertiary/aromatic N) is 2. The third-order valence-electron chi connectivity index (χ3n) is 2.24. The summed E-state index contributed by atoms with van der Waals surface area (Å²) in [6.07, 6.45) is 3.12. The lowest BCUT2D eigenvalue weighted by Crippen LogP contribution is -2.27. The average Bonchev–Trinajstić information content (AvgIpc) is 2.83. The lowest BCUT2D eigenvalue weighted by Gasteiger charge is -2.17. The molecule has 5 nitrogen and oxygen atoms in total. The van der Waals surface area contributed by atoms with E-state index in [1.165, 1.54) is 13.1 Å². The maximum atomic E-state index is 12.1. The summed E-state index contributed by atoms with van der Waals surface area (Å²) in [7, 11) is -2.10. The Bertz CT molecular complexity index is 593. The predicted octanol–water partition coefficient (Wildman–Crippen LogP) is 2.00. The first kappa shape index (κ1) is 12.1. The second-order valence-electron chi connectivity index (χ2n) is 3.34. The Morgan fingerprint density at radius 3 is 2.65 bits per heavy atom. The minimum absolute atomic E-state index is 0.143. The molecule has 0 saturated carbocycles. The second-order valence-corrected chi connectivity index (χ2v) is 6.19. The smallest absolute Gasteiger partial charge is 0.280 e. The molecular formula is C10H10BrN3O2S. The van der Waals surface area contributed by atoms with Crippen LogP contribution in [0.15, 0.2) is 46.2 Å². The molecule has 0 unspecified atom stereocenters. The number of anilines is 1. The fourth-order valence-corrected chi connectivity index (χ4v) is 2.65. The summed E-state index contributed by atoms with van der Waals surface area (Å²) in [5, 5.41) is 0.143. The molecule has 0 aliphatic carbocycles. The average molecular weight is 316 g/mol. The standard InChI is InChI=1S/C10H10BrN3O2S/c1-14(9-5-4-8(11)7-13-9)17(15,16)10-3-2-6-12-10/h2-7,12H,1H3. The van der Waals surface area contributed by atoms with Crippen molar-refractivity contribution in [3.63, 3.8) is 0 Å². The molecule has 90 valence electrons. The summed E-state index contributed by atoms with van der Waals surface area (Å²) >= 11 is 3.25. The van der Waals surface area contributed by atoms with Gasteiger partial charge in [0.2, 0.25) is 0 Å². The monoisotopic (exact) mass is 315 g/mol. The molecule has 2 heterocycles. The summed E-state index contributed by atoms with van der Waals surface area (Å²) in [5.41, 5.74) is 0. The maximum Gasteiger partial charge on any atom is 0.280 e. The molecule has 2 aromatic rings. The number of nitrogens with one attached hydrogen (secondary N) is 1. The number of halogens is 1. The number of aromatic nitrogens is 2. The largest absolute Gasteiger partial charge is 0.351 e. The fourth-order valence-electron chi connectivity index (χ4n) is 1.30. The minimum atomic E-state index is -3.56. The van der Waals surface area contributed by atoms with Gasteiger partial charge in [0, 0.05) is 23.9 Å². The molecule has 0 radical (unpaired) electrons. The Morgan fingerprint density at radius 1 is 1.35 bits per heavy atom. The summed E-state index contributed by atoms with van der Waals surface area (Å²) < 4.78 is 26.2. The number of aromatic amines is 1. The van der Waals surface area contributed by atoms with Gasteiger partial charge in [0.25, 0.3) is 10.0 Å². The highest BCUT2D eigenvalue weighted by Gasteiger charge is 2.22. The van der Waals surface area contributed by atoms with Crippen molar-refractivity contribution in [2.24, 2.45) is 0 Å². The van der Waals surface area contributed by atoms with Gasteiger partial charge in [-0.1, -0.05) is 0 Å². The highest BCUT2D eigenvalue weighted by atomic mass is 79.9. The zero-order chi connectivity index (χ0) is 12.5. The van der Waals surface area contributed by atoms with Crippen molar-refractivity contribution in [2.75, 3.05) is 11.4 Å². The fraction of sp³-hybridized carbons (Fsp3) is 0.100. The zero-order valence-corrected chi connectivity index (χ0v) is 11.4. The van der Waals surface area contributed by atoms with Crippen molar-refractivity contribution in [1.82, 2.24) is 9.97 Å². The minimum Gasteiger partial charge on any atom is -0.351 e. The van der Waals surface area contributed by atoms with Gasteiger partial charge in [0.1, 0.15) is 5.82 Å². The van der Waals surface area contributed by atoms with Gasteiger partial charge >= 0.3 is 0 Å². The topological polar surface area (TPSA) is 66.1 Å². The highest BCUT2D eigenvalue weighted by Crippen LogP contribution is 2.20. The van der Waals surface area contributed by atoms with Crippen molar-refractivity contribution in [3.8, 4) is 0 Å². The Morgan fingerprint density at radius 2 is 2.12 bits per heavy atom. The van der Waals surface area contributed by atoms with E-state index in [0.717, 1.165) is 8.78 Å². The molecule has 0 aromatic carbocycles. The number of sulfonamides is 1. The van der Waals surface area contributed by atoms with E-state index in [2.05, 4.69) is 25.9 Å². The Labute approximate surface area is 108 Å². The maximum absolute atomic E-state index is 12.1. The van der Waals surface area contributed by atoms with Gasteiger partial charge in [-0.25, -0.2) is 4.98 Å². The van der Waals surface area contributed by atoms with Gasteiger partial charge in [-0.05, 0) is 40.2 Å². The summed E-state index contributed by atoms with van der Waals surface area (Å²) in [5.74, 6) is 0.364. The van der Waals surface area contributed by atoms with Crippen LogP contribution in [0.4, 0.5) is 5.82 Å². The number of pyridine rings is 1. The normalized spacial score (nSPS) is 11.4. The van der Waals surface area contributed by atoms with Gasteiger partial charge in [-0.2, -0.15) is 8.42 Å². The first-order valence-corrected chi connectivity index (χ1v) is 6.99. The lowest BCUT2D eigenvalue weighted by atomic mass is 10.5. The van der Waals surface area contributed by atoms with E-state index in [1.807, 2.05) is 0 Å². The van der Waals surface area contributed by atoms with Crippen molar-refractivity contribution in [3.05, 3.63) is 41.1 Å². The molecule has 0 aliphatic heterocycles. The van der Waals surface area contributed by atoms with Crippen LogP contribution in [-0.2, 0) is 10.0 Å². The van der Waals surface area contributed by atoms with Gasteiger partial charge in [0.05, 0.1) is 0 Å². The molecule has 0 spiro atoms. The van der Waals surface area contributed by atoms with Crippen molar-refractivity contribution >= 4 is 31.8 Å². The Balaban J connectivity index is 2.38. The predicted molar refractivity (Wildman–Crippen MR) is 68.3 cm³/mol.